The van der Waals surface area contributed by atoms with Gasteiger partial charge in [-0.25, -0.2) is 13.6 Å². The molecule has 1 saturated heterocycles. The maximum atomic E-state index is 13.2. The van der Waals surface area contributed by atoms with E-state index in [0.717, 1.165) is 18.2 Å². The molecule has 0 bridgehead atoms. The number of carbonyl (C=O) groups is 2. The van der Waals surface area contributed by atoms with Crippen LogP contribution in [0.15, 0.2) is 30.6 Å². The maximum absolute atomic E-state index is 13.2. The van der Waals surface area contributed by atoms with Gasteiger partial charge in [0, 0.05) is 30.9 Å². The van der Waals surface area contributed by atoms with Crippen LogP contribution in [0, 0.1) is 11.6 Å². The predicted octanol–water partition coefficient (Wildman–Crippen LogP) is 2.34. The average Bonchev–Trinajstić information content (AvgIpc) is 3.03. The highest BCUT2D eigenvalue weighted by Crippen LogP contribution is 2.23. The summed E-state index contributed by atoms with van der Waals surface area (Å²) < 4.78 is 28.1. The fourth-order valence-corrected chi connectivity index (χ4v) is 2.84. The Morgan fingerprint density at radius 3 is 2.25 bits per heavy atom. The van der Waals surface area contributed by atoms with Gasteiger partial charge in [-0.2, -0.15) is 5.10 Å². The summed E-state index contributed by atoms with van der Waals surface area (Å²) in [6.45, 7) is 0.813. The molecule has 0 aliphatic carbocycles. The van der Waals surface area contributed by atoms with Crippen LogP contribution in [-0.4, -0.2) is 44.8 Å². The van der Waals surface area contributed by atoms with Crippen LogP contribution < -0.4 is 0 Å². The fourth-order valence-electron chi connectivity index (χ4n) is 2.84. The van der Waals surface area contributed by atoms with Crippen molar-refractivity contribution in [3.8, 4) is 0 Å². The third-order valence-corrected chi connectivity index (χ3v) is 4.08. The Balaban J connectivity index is 1.65. The molecule has 1 N–H and O–H groups in total. The van der Waals surface area contributed by atoms with Crippen molar-refractivity contribution in [2.45, 2.75) is 18.9 Å². The van der Waals surface area contributed by atoms with Crippen LogP contribution in [0.25, 0.3) is 0 Å². The van der Waals surface area contributed by atoms with E-state index in [4.69, 9.17) is 5.11 Å². The maximum Gasteiger partial charge on any atom is 0.338 e. The summed E-state index contributed by atoms with van der Waals surface area (Å²) in [4.78, 5) is 24.8. The largest absolute Gasteiger partial charge is 0.478 e. The molecule has 0 atom stereocenters. The molecule has 2 heterocycles. The van der Waals surface area contributed by atoms with E-state index in [0.29, 0.717) is 25.9 Å². The highest BCUT2D eigenvalue weighted by molar-refractivity contribution is 5.94. The summed E-state index contributed by atoms with van der Waals surface area (Å²) in [6.07, 6.45) is 3.93. The van der Waals surface area contributed by atoms with Crippen LogP contribution in [0.5, 0.6) is 0 Å². The van der Waals surface area contributed by atoms with Gasteiger partial charge in [-0.15, -0.1) is 0 Å². The minimum atomic E-state index is -1.04. The Hall–Kier alpha value is -2.77. The van der Waals surface area contributed by atoms with Crippen molar-refractivity contribution >= 4 is 11.9 Å². The number of hydrogen-bond donors (Lipinski definition) is 1. The number of benzene rings is 1. The first-order valence-corrected chi connectivity index (χ1v) is 7.47. The van der Waals surface area contributed by atoms with Crippen LogP contribution in [0.1, 0.15) is 39.6 Å². The van der Waals surface area contributed by atoms with Gasteiger partial charge in [0.25, 0.3) is 5.91 Å². The van der Waals surface area contributed by atoms with Gasteiger partial charge in [0.05, 0.1) is 17.8 Å². The zero-order valence-electron chi connectivity index (χ0n) is 12.7. The molecule has 1 aliphatic rings. The molecule has 126 valence electrons. The van der Waals surface area contributed by atoms with Gasteiger partial charge in [-0.3, -0.25) is 9.48 Å². The number of aromatic nitrogens is 2. The molecule has 0 spiro atoms. The van der Waals surface area contributed by atoms with E-state index in [1.165, 1.54) is 17.3 Å². The third kappa shape index (κ3) is 3.27. The van der Waals surface area contributed by atoms with Gasteiger partial charge in [0.1, 0.15) is 11.6 Å². The molecule has 1 aromatic carbocycles. The Labute approximate surface area is 136 Å². The summed E-state index contributed by atoms with van der Waals surface area (Å²) in [5.74, 6) is -3.03. The lowest BCUT2D eigenvalue weighted by Crippen LogP contribution is -2.39. The number of hydrogen-bond acceptors (Lipinski definition) is 3. The number of halogens is 2. The highest BCUT2D eigenvalue weighted by atomic mass is 19.1. The molecule has 24 heavy (non-hydrogen) atoms. The average molecular weight is 335 g/mol. The number of rotatable bonds is 3. The molecule has 6 nitrogen and oxygen atoms in total. The van der Waals surface area contributed by atoms with E-state index < -0.39 is 23.5 Å². The quantitative estimate of drug-likeness (QED) is 0.934. The van der Waals surface area contributed by atoms with E-state index in [1.807, 2.05) is 0 Å². The van der Waals surface area contributed by atoms with E-state index in [9.17, 15) is 18.4 Å². The normalized spacial score (nSPS) is 15.5. The molecule has 1 amide bonds. The van der Waals surface area contributed by atoms with Crippen molar-refractivity contribution in [3.05, 3.63) is 53.4 Å². The number of aromatic carboxylic acids is 1. The lowest BCUT2D eigenvalue weighted by atomic mass is 10.0. The number of nitrogens with zero attached hydrogens (tertiary/aromatic N) is 3. The lowest BCUT2D eigenvalue weighted by molar-refractivity contribution is 0.0687. The Kier molecular flexibility index (Phi) is 4.28. The molecule has 0 radical (unpaired) electrons. The van der Waals surface area contributed by atoms with Gasteiger partial charge < -0.3 is 10.0 Å². The summed E-state index contributed by atoms with van der Waals surface area (Å²) in [5.41, 5.74) is 0.0990. The first kappa shape index (κ1) is 16.1. The Bertz CT molecular complexity index is 762. The second-order valence-corrected chi connectivity index (χ2v) is 5.70. The second kappa shape index (κ2) is 6.38. The Morgan fingerprint density at radius 1 is 1.08 bits per heavy atom. The third-order valence-electron chi connectivity index (χ3n) is 4.08. The monoisotopic (exact) mass is 335 g/mol. The van der Waals surface area contributed by atoms with Gasteiger partial charge >= 0.3 is 5.97 Å². The fraction of sp³-hybridized carbons (Fsp3) is 0.312. The predicted molar refractivity (Wildman–Crippen MR) is 79.7 cm³/mol. The molecule has 8 heteroatoms. The van der Waals surface area contributed by atoms with Crippen molar-refractivity contribution in [1.29, 1.82) is 0 Å². The van der Waals surface area contributed by atoms with Crippen LogP contribution in [0.2, 0.25) is 0 Å². The van der Waals surface area contributed by atoms with Crippen molar-refractivity contribution in [3.63, 3.8) is 0 Å². The number of carbonyl (C=O) groups excluding carboxylic acids is 1. The summed E-state index contributed by atoms with van der Waals surface area (Å²) in [7, 11) is 0. The smallest absolute Gasteiger partial charge is 0.338 e. The number of amides is 1. The van der Waals surface area contributed by atoms with Gasteiger partial charge in [-0.05, 0) is 25.0 Å². The molecule has 1 aromatic heterocycles. The lowest BCUT2D eigenvalue weighted by Gasteiger charge is -2.32. The van der Waals surface area contributed by atoms with Crippen molar-refractivity contribution in [2.75, 3.05) is 13.1 Å². The molecule has 3 rings (SSSR count). The van der Waals surface area contributed by atoms with Crippen molar-refractivity contribution in [1.82, 2.24) is 14.7 Å². The van der Waals surface area contributed by atoms with Crippen LogP contribution >= 0.6 is 0 Å². The van der Waals surface area contributed by atoms with Crippen LogP contribution in [0.4, 0.5) is 8.78 Å². The SMILES string of the molecule is O=C(O)c1cnn(C2CCN(C(=O)c3cc(F)cc(F)c3)CC2)c1. The molecule has 0 unspecified atom stereocenters. The van der Waals surface area contributed by atoms with E-state index in [1.54, 1.807) is 4.68 Å². The topological polar surface area (TPSA) is 75.4 Å². The number of likely N-dealkylation sites (tertiary alicyclic amines) is 1. The van der Waals surface area contributed by atoms with Crippen molar-refractivity contribution in [2.24, 2.45) is 0 Å². The summed E-state index contributed by atoms with van der Waals surface area (Å²) in [5, 5.41) is 13.0. The van der Waals surface area contributed by atoms with Crippen LogP contribution in [-0.2, 0) is 0 Å². The molecule has 2 aromatic rings. The number of carboxylic acids is 1. The number of piperidine rings is 1. The molecular weight excluding hydrogens is 320 g/mol. The van der Waals surface area contributed by atoms with Gasteiger partial charge in [-0.1, -0.05) is 0 Å². The van der Waals surface area contributed by atoms with Gasteiger partial charge in [0.15, 0.2) is 0 Å². The minimum absolute atomic E-state index is 0.00797. The zero-order chi connectivity index (χ0) is 17.3. The first-order chi connectivity index (χ1) is 11.4. The molecular formula is C16H15F2N3O3. The molecule has 1 aliphatic heterocycles. The van der Waals surface area contributed by atoms with E-state index in [2.05, 4.69) is 5.10 Å². The molecule has 0 saturated carbocycles. The molecule has 1 fully saturated rings. The highest BCUT2D eigenvalue weighted by Gasteiger charge is 2.26. The first-order valence-electron chi connectivity index (χ1n) is 7.47. The standard InChI is InChI=1S/C16H15F2N3O3/c17-12-5-10(6-13(18)7-12)15(22)20-3-1-14(2-4-20)21-9-11(8-19-21)16(23)24/h5-9,14H,1-4H2,(H,23,24). The van der Waals surface area contributed by atoms with Gasteiger partial charge in [0.2, 0.25) is 0 Å². The summed E-state index contributed by atoms with van der Waals surface area (Å²) in [6, 6.07) is 2.75. The van der Waals surface area contributed by atoms with E-state index in [-0.39, 0.29) is 17.2 Å². The Morgan fingerprint density at radius 2 is 1.71 bits per heavy atom. The van der Waals surface area contributed by atoms with E-state index >= 15 is 0 Å². The number of carboxylic acid groups (broad SMARTS) is 1. The van der Waals surface area contributed by atoms with Crippen LogP contribution in [0.3, 0.4) is 0 Å². The zero-order valence-corrected chi connectivity index (χ0v) is 12.7. The van der Waals surface area contributed by atoms with Crippen molar-refractivity contribution < 1.29 is 23.5 Å². The summed E-state index contributed by atoms with van der Waals surface area (Å²) >= 11 is 0. The minimum Gasteiger partial charge on any atom is -0.478 e. The second-order valence-electron chi connectivity index (χ2n) is 5.70.